The van der Waals surface area contributed by atoms with E-state index in [-0.39, 0.29) is 5.91 Å². The summed E-state index contributed by atoms with van der Waals surface area (Å²) in [6.45, 7) is 1.94. The number of carbonyl (C=O) groups is 1. The molecule has 1 aromatic rings. The zero-order valence-electron chi connectivity index (χ0n) is 10.6. The average Bonchev–Trinajstić information content (AvgIpc) is 2.77. The molecule has 0 aromatic heterocycles. The summed E-state index contributed by atoms with van der Waals surface area (Å²) in [6.07, 6.45) is 5.50. The van der Waals surface area contributed by atoms with Gasteiger partial charge in [-0.05, 0) is 43.4 Å². The number of halogens is 1. The summed E-state index contributed by atoms with van der Waals surface area (Å²) in [5.74, 6) is 0.630. The van der Waals surface area contributed by atoms with Crippen molar-refractivity contribution in [1.82, 2.24) is 0 Å². The lowest BCUT2D eigenvalue weighted by Gasteiger charge is -2.13. The molecule has 98 valence electrons. The number of hydrogen-bond donors (Lipinski definition) is 2. The van der Waals surface area contributed by atoms with Crippen molar-refractivity contribution in [3.63, 3.8) is 0 Å². The van der Waals surface area contributed by atoms with E-state index >= 15 is 0 Å². The molecule has 1 aliphatic carbocycles. The Morgan fingerprint density at radius 3 is 2.78 bits per heavy atom. The van der Waals surface area contributed by atoms with Gasteiger partial charge < -0.3 is 11.1 Å². The summed E-state index contributed by atoms with van der Waals surface area (Å²) < 4.78 is 0.936. The lowest BCUT2D eigenvalue weighted by molar-refractivity contribution is -0.117. The van der Waals surface area contributed by atoms with Gasteiger partial charge in [-0.15, -0.1) is 0 Å². The maximum absolute atomic E-state index is 12.0. The van der Waals surface area contributed by atoms with Crippen LogP contribution in [0.2, 0.25) is 0 Å². The molecule has 1 amide bonds. The minimum absolute atomic E-state index is 0.0751. The van der Waals surface area contributed by atoms with E-state index in [1.54, 1.807) is 0 Å². The summed E-state index contributed by atoms with van der Waals surface area (Å²) in [5.41, 5.74) is 8.31. The molecule has 0 heterocycles. The van der Waals surface area contributed by atoms with Gasteiger partial charge in [-0.1, -0.05) is 28.8 Å². The Hall–Kier alpha value is -1.03. The smallest absolute Gasteiger partial charge is 0.224 e. The van der Waals surface area contributed by atoms with Crippen LogP contribution in [0.5, 0.6) is 0 Å². The first-order valence-electron chi connectivity index (χ1n) is 6.41. The molecule has 3 N–H and O–H groups in total. The van der Waals surface area contributed by atoms with Gasteiger partial charge >= 0.3 is 0 Å². The predicted molar refractivity (Wildman–Crippen MR) is 78.5 cm³/mol. The number of anilines is 2. The average molecular weight is 311 g/mol. The van der Waals surface area contributed by atoms with Gasteiger partial charge in [0, 0.05) is 10.9 Å². The fourth-order valence-electron chi connectivity index (χ4n) is 2.54. The van der Waals surface area contributed by atoms with E-state index in [0.717, 1.165) is 10.0 Å². The van der Waals surface area contributed by atoms with Crippen LogP contribution in [0.25, 0.3) is 0 Å². The van der Waals surface area contributed by atoms with Gasteiger partial charge in [0.15, 0.2) is 0 Å². The number of nitrogens with two attached hydrogens (primary N) is 1. The first-order chi connectivity index (χ1) is 8.56. The number of nitrogen functional groups attached to an aromatic ring is 1. The molecule has 0 spiro atoms. The van der Waals surface area contributed by atoms with Crippen molar-refractivity contribution in [2.45, 2.75) is 39.0 Å². The topological polar surface area (TPSA) is 55.1 Å². The monoisotopic (exact) mass is 310 g/mol. The normalized spacial score (nSPS) is 15.9. The number of benzene rings is 1. The van der Waals surface area contributed by atoms with Crippen LogP contribution in [0, 0.1) is 12.8 Å². The maximum atomic E-state index is 12.0. The number of nitrogens with one attached hydrogen (secondary N) is 1. The Morgan fingerprint density at radius 1 is 1.44 bits per heavy atom. The van der Waals surface area contributed by atoms with E-state index < -0.39 is 0 Å². The second kappa shape index (κ2) is 5.74. The number of rotatable bonds is 3. The van der Waals surface area contributed by atoms with Gasteiger partial charge in [0.05, 0.1) is 11.4 Å². The zero-order chi connectivity index (χ0) is 13.1. The Bertz CT molecular complexity index is 453. The van der Waals surface area contributed by atoms with Crippen molar-refractivity contribution in [2.24, 2.45) is 5.92 Å². The van der Waals surface area contributed by atoms with Crippen molar-refractivity contribution >= 4 is 33.2 Å². The summed E-state index contributed by atoms with van der Waals surface area (Å²) in [6, 6.07) is 3.80. The van der Waals surface area contributed by atoms with E-state index in [9.17, 15) is 4.79 Å². The fourth-order valence-corrected chi connectivity index (χ4v) is 3.11. The van der Waals surface area contributed by atoms with E-state index in [2.05, 4.69) is 21.2 Å². The SMILES string of the molecule is Cc1cc(Br)cc(NC(=O)CC2CCCC2)c1N. The van der Waals surface area contributed by atoms with Gasteiger partial charge in [0.25, 0.3) is 0 Å². The second-order valence-electron chi connectivity index (χ2n) is 5.09. The van der Waals surface area contributed by atoms with Crippen LogP contribution in [-0.4, -0.2) is 5.91 Å². The molecular weight excluding hydrogens is 292 g/mol. The Balaban J connectivity index is 2.02. The third-order valence-corrected chi connectivity index (χ3v) is 4.03. The minimum atomic E-state index is 0.0751. The lowest BCUT2D eigenvalue weighted by atomic mass is 10.0. The molecule has 3 nitrogen and oxygen atoms in total. The van der Waals surface area contributed by atoms with Crippen LogP contribution in [0.4, 0.5) is 11.4 Å². The predicted octanol–water partition coefficient (Wildman–Crippen LogP) is 3.86. The summed E-state index contributed by atoms with van der Waals surface area (Å²) in [5, 5.41) is 2.92. The molecule has 2 rings (SSSR count). The first kappa shape index (κ1) is 13.4. The van der Waals surface area contributed by atoms with E-state index in [1.165, 1.54) is 25.7 Å². The molecular formula is C14H19BrN2O. The summed E-state index contributed by atoms with van der Waals surface area (Å²) in [4.78, 5) is 12.0. The second-order valence-corrected chi connectivity index (χ2v) is 6.00. The molecule has 4 heteroatoms. The highest BCUT2D eigenvalue weighted by Crippen LogP contribution is 2.30. The van der Waals surface area contributed by atoms with Crippen molar-refractivity contribution < 1.29 is 4.79 Å². The highest BCUT2D eigenvalue weighted by Gasteiger charge is 2.19. The van der Waals surface area contributed by atoms with Crippen LogP contribution in [-0.2, 0) is 4.79 Å². The van der Waals surface area contributed by atoms with Gasteiger partial charge in [-0.3, -0.25) is 4.79 Å². The van der Waals surface area contributed by atoms with E-state index in [4.69, 9.17) is 5.73 Å². The van der Waals surface area contributed by atoms with Crippen molar-refractivity contribution in [2.75, 3.05) is 11.1 Å². The molecule has 1 aliphatic rings. The first-order valence-corrected chi connectivity index (χ1v) is 7.21. The van der Waals surface area contributed by atoms with E-state index in [1.807, 2.05) is 19.1 Å². The highest BCUT2D eigenvalue weighted by atomic mass is 79.9. The maximum Gasteiger partial charge on any atom is 0.224 e. The third kappa shape index (κ3) is 3.25. The number of amides is 1. The van der Waals surface area contributed by atoms with E-state index in [0.29, 0.717) is 23.7 Å². The van der Waals surface area contributed by atoms with Crippen LogP contribution in [0.3, 0.4) is 0 Å². The molecule has 0 bridgehead atoms. The van der Waals surface area contributed by atoms with Crippen LogP contribution >= 0.6 is 15.9 Å². The zero-order valence-corrected chi connectivity index (χ0v) is 12.2. The quantitative estimate of drug-likeness (QED) is 0.833. The molecule has 0 saturated heterocycles. The van der Waals surface area contributed by atoms with Crippen molar-refractivity contribution in [3.8, 4) is 0 Å². The molecule has 18 heavy (non-hydrogen) atoms. The minimum Gasteiger partial charge on any atom is -0.397 e. The molecule has 0 atom stereocenters. The summed E-state index contributed by atoms with van der Waals surface area (Å²) in [7, 11) is 0. The van der Waals surface area contributed by atoms with Crippen LogP contribution in [0.1, 0.15) is 37.7 Å². The molecule has 1 saturated carbocycles. The lowest BCUT2D eigenvalue weighted by Crippen LogP contribution is -2.16. The molecule has 0 unspecified atom stereocenters. The van der Waals surface area contributed by atoms with Gasteiger partial charge in [-0.25, -0.2) is 0 Å². The molecule has 1 aromatic carbocycles. The third-order valence-electron chi connectivity index (χ3n) is 3.57. The van der Waals surface area contributed by atoms with Gasteiger partial charge in [0.1, 0.15) is 0 Å². The standard InChI is InChI=1S/C14H19BrN2O/c1-9-6-11(15)8-12(14(9)16)17-13(18)7-10-4-2-3-5-10/h6,8,10H,2-5,7,16H2,1H3,(H,17,18). The molecule has 0 radical (unpaired) electrons. The van der Waals surface area contributed by atoms with Gasteiger partial charge in [0.2, 0.25) is 5.91 Å². The Labute approximate surface area is 116 Å². The van der Waals surface area contributed by atoms with Crippen molar-refractivity contribution in [3.05, 3.63) is 22.2 Å². The molecule has 1 fully saturated rings. The number of hydrogen-bond acceptors (Lipinski definition) is 2. The Kier molecular flexibility index (Phi) is 4.27. The van der Waals surface area contributed by atoms with Crippen molar-refractivity contribution in [1.29, 1.82) is 0 Å². The molecule has 0 aliphatic heterocycles. The summed E-state index contributed by atoms with van der Waals surface area (Å²) >= 11 is 3.42. The Morgan fingerprint density at radius 2 is 2.11 bits per heavy atom. The number of aryl methyl sites for hydroxylation is 1. The van der Waals surface area contributed by atoms with Crippen LogP contribution in [0.15, 0.2) is 16.6 Å². The van der Waals surface area contributed by atoms with Crippen LogP contribution < -0.4 is 11.1 Å². The largest absolute Gasteiger partial charge is 0.397 e. The fraction of sp³-hybridized carbons (Fsp3) is 0.500. The number of carbonyl (C=O) groups excluding carboxylic acids is 1. The van der Waals surface area contributed by atoms with Gasteiger partial charge in [-0.2, -0.15) is 0 Å². The highest BCUT2D eigenvalue weighted by molar-refractivity contribution is 9.10.